The number of nitrogens with zero attached hydrogens (tertiary/aromatic N) is 3. The Bertz CT molecular complexity index is 2060. The Hall–Kier alpha value is -3.74. The molecule has 3 fully saturated rings. The highest BCUT2D eigenvalue weighted by molar-refractivity contribution is 14.1. The number of alkyl halides is 1. The van der Waals surface area contributed by atoms with Gasteiger partial charge in [-0.3, -0.25) is 19.1 Å². The van der Waals surface area contributed by atoms with Crippen LogP contribution in [0.25, 0.3) is 11.0 Å². The molecule has 1 saturated heterocycles. The van der Waals surface area contributed by atoms with E-state index in [9.17, 15) is 27.6 Å². The maximum Gasteiger partial charge on any atom is 0.408 e. The van der Waals surface area contributed by atoms with E-state index in [1.54, 1.807) is 20.1 Å². The van der Waals surface area contributed by atoms with Gasteiger partial charge in [0.2, 0.25) is 27.7 Å². The van der Waals surface area contributed by atoms with Gasteiger partial charge < -0.3 is 29.7 Å². The molecular formula is C42H57IN6O9S. The summed E-state index contributed by atoms with van der Waals surface area (Å²) in [5.41, 5.74) is 0.193. The lowest BCUT2D eigenvalue weighted by Gasteiger charge is -2.35. The van der Waals surface area contributed by atoms with E-state index in [2.05, 4.69) is 37.9 Å². The summed E-state index contributed by atoms with van der Waals surface area (Å²) in [6.07, 6.45) is 13.1. The predicted octanol–water partition coefficient (Wildman–Crippen LogP) is 5.56. The summed E-state index contributed by atoms with van der Waals surface area (Å²) < 4.78 is 45.3. The number of hydrogen-bond donors (Lipinski definition) is 3. The fraction of sp³-hybridized carbons (Fsp3) is 0.667. The van der Waals surface area contributed by atoms with E-state index in [0.717, 1.165) is 57.8 Å². The van der Waals surface area contributed by atoms with Gasteiger partial charge in [0.15, 0.2) is 0 Å². The van der Waals surface area contributed by atoms with Crippen LogP contribution in [-0.2, 0) is 35.6 Å². The number of amides is 4. The fourth-order valence-electron chi connectivity index (χ4n) is 8.69. The third-order valence-corrected chi connectivity index (χ3v) is 16.7. The predicted molar refractivity (Wildman–Crippen MR) is 229 cm³/mol. The molecule has 15 nitrogen and oxygen atoms in total. The van der Waals surface area contributed by atoms with Gasteiger partial charge in [0.1, 0.15) is 41.3 Å². The van der Waals surface area contributed by atoms with Gasteiger partial charge in [-0.15, -0.1) is 0 Å². The van der Waals surface area contributed by atoms with Crippen LogP contribution in [0, 0.1) is 5.92 Å². The highest BCUT2D eigenvalue weighted by Gasteiger charge is 2.54. The van der Waals surface area contributed by atoms with E-state index in [1.807, 2.05) is 24.3 Å². The zero-order valence-electron chi connectivity index (χ0n) is 34.2. The number of aryl methyl sites for hydroxylation is 1. The maximum absolute atomic E-state index is 14.8. The molecule has 17 heteroatoms. The molecule has 7 rings (SSSR count). The van der Waals surface area contributed by atoms with Crippen molar-refractivity contribution in [2.75, 3.05) is 13.7 Å². The number of fused-ring (bicyclic) bond motifs is 5. The Morgan fingerprint density at radius 3 is 2.51 bits per heavy atom. The molecule has 2 aliphatic carbocycles. The number of ether oxygens (including phenoxy) is 3. The van der Waals surface area contributed by atoms with E-state index >= 15 is 0 Å². The van der Waals surface area contributed by atoms with Crippen LogP contribution < -0.4 is 24.8 Å². The average molecular weight is 949 g/mol. The maximum atomic E-state index is 14.8. The number of carbonyl (C=O) groups excluding carboxylic acids is 4. The zero-order chi connectivity index (χ0) is 42.0. The Kier molecular flexibility index (Phi) is 13.3. The van der Waals surface area contributed by atoms with Crippen molar-refractivity contribution < 1.29 is 41.8 Å². The minimum absolute atomic E-state index is 0.0185. The normalized spacial score (nSPS) is 31.4. The molecule has 3 N–H and O–H groups in total. The second-order valence-electron chi connectivity index (χ2n) is 17.3. The molecule has 3 aliphatic heterocycles. The molecule has 1 aromatic heterocycles. The Morgan fingerprint density at radius 2 is 1.73 bits per heavy atom. The lowest BCUT2D eigenvalue weighted by Crippen LogP contribution is -2.65. The first-order valence-corrected chi connectivity index (χ1v) is 23.9. The Labute approximate surface area is 360 Å². The van der Waals surface area contributed by atoms with Crippen LogP contribution in [0.5, 0.6) is 11.6 Å². The molecule has 3 bridgehead atoms. The highest BCUT2D eigenvalue weighted by atomic mass is 127. The van der Waals surface area contributed by atoms with Crippen LogP contribution in [0.15, 0.2) is 30.4 Å². The van der Waals surface area contributed by atoms with Crippen molar-refractivity contribution >= 4 is 67.5 Å². The third-order valence-electron chi connectivity index (χ3n) is 12.9. The van der Waals surface area contributed by atoms with E-state index in [1.165, 1.54) is 11.8 Å². The summed E-state index contributed by atoms with van der Waals surface area (Å²) in [5, 5.41) is 5.79. The van der Waals surface area contributed by atoms with Crippen LogP contribution in [0.3, 0.4) is 0 Å². The summed E-state index contributed by atoms with van der Waals surface area (Å²) in [7, 11) is -2.47. The average Bonchev–Trinajstić information content (AvgIpc) is 3.61. The monoisotopic (exact) mass is 948 g/mol. The van der Waals surface area contributed by atoms with Gasteiger partial charge in [-0.2, -0.15) is 0 Å². The number of nitrogens with one attached hydrogen (secondary N) is 3. The minimum atomic E-state index is -4.04. The van der Waals surface area contributed by atoms with Crippen molar-refractivity contribution in [1.82, 2.24) is 30.2 Å². The molecule has 1 aromatic carbocycles. The number of sulfonamides is 1. The number of alkyl carbamates (subject to hydrolysis) is 1. The van der Waals surface area contributed by atoms with Crippen molar-refractivity contribution in [2.45, 2.75) is 155 Å². The van der Waals surface area contributed by atoms with Crippen LogP contribution >= 0.6 is 22.6 Å². The number of methoxy groups -OCH3 is 1. The second-order valence-corrected chi connectivity index (χ2v) is 20.8. The van der Waals surface area contributed by atoms with Crippen LogP contribution in [0.4, 0.5) is 4.79 Å². The van der Waals surface area contributed by atoms with E-state index in [-0.39, 0.29) is 25.0 Å². The molecule has 4 heterocycles. The van der Waals surface area contributed by atoms with Crippen LogP contribution in [0.2, 0.25) is 0 Å². The van der Waals surface area contributed by atoms with Gasteiger partial charge in [-0.25, -0.2) is 23.2 Å². The molecular weight excluding hydrogens is 891 g/mol. The summed E-state index contributed by atoms with van der Waals surface area (Å²) in [6, 6.07) is 3.34. The first-order valence-electron chi connectivity index (χ1n) is 21.2. The van der Waals surface area contributed by atoms with Crippen LogP contribution in [0.1, 0.15) is 116 Å². The van der Waals surface area contributed by atoms with E-state index in [4.69, 9.17) is 24.2 Å². The molecule has 2 aromatic rings. The molecule has 0 spiro atoms. The summed E-state index contributed by atoms with van der Waals surface area (Å²) in [6.45, 7) is 3.08. The molecule has 0 unspecified atom stereocenters. The van der Waals surface area contributed by atoms with Gasteiger partial charge in [-0.05, 0) is 103 Å². The van der Waals surface area contributed by atoms with E-state index in [0.29, 0.717) is 66.9 Å². The van der Waals surface area contributed by atoms with Gasteiger partial charge in [0.05, 0.1) is 33.4 Å². The quantitative estimate of drug-likeness (QED) is 0.197. The zero-order valence-corrected chi connectivity index (χ0v) is 37.1. The van der Waals surface area contributed by atoms with Crippen molar-refractivity contribution in [3.63, 3.8) is 0 Å². The third kappa shape index (κ3) is 9.75. The van der Waals surface area contributed by atoms with E-state index < -0.39 is 66.2 Å². The first kappa shape index (κ1) is 43.4. The highest BCUT2D eigenvalue weighted by Crippen LogP contribution is 2.42. The molecule has 7 atom stereocenters. The summed E-state index contributed by atoms with van der Waals surface area (Å²) >= 11 is 2.05. The van der Waals surface area contributed by atoms with Gasteiger partial charge in [0.25, 0.3) is 5.91 Å². The first-order chi connectivity index (χ1) is 28.2. The van der Waals surface area contributed by atoms with Gasteiger partial charge in [0, 0.05) is 12.5 Å². The number of benzene rings is 1. The SMILES string of the molecule is COc1ccc2nc3c(nc2c1)O[C@@H]1C[C@H]2C(=O)N[C@@](C)(C(=O)NS(=O)(=O)C4(C)CC4)[C@@H](I)/C=C\CCCCC[C@H](NC(=O)O[C@@H]4CCC[C@H]4CCCCC3)C(=O)N2C1. The molecule has 2 saturated carbocycles. The fourth-order valence-corrected chi connectivity index (χ4v) is 10.8. The molecule has 59 heavy (non-hydrogen) atoms. The van der Waals surface area contributed by atoms with Crippen LogP contribution in [-0.4, -0.2) is 99.3 Å². The second kappa shape index (κ2) is 18.1. The smallest absolute Gasteiger partial charge is 0.408 e. The minimum Gasteiger partial charge on any atom is -0.497 e. The van der Waals surface area contributed by atoms with Crippen molar-refractivity contribution in [3.8, 4) is 11.6 Å². The molecule has 5 aliphatic rings. The topological polar surface area (TPSA) is 195 Å². The number of aromatic nitrogens is 2. The number of halogens is 1. The molecule has 4 amide bonds. The summed E-state index contributed by atoms with van der Waals surface area (Å²) in [5.74, 6) is -0.848. The van der Waals surface area contributed by atoms with Gasteiger partial charge in [-0.1, -0.05) is 60.4 Å². The Morgan fingerprint density at radius 1 is 0.966 bits per heavy atom. The van der Waals surface area contributed by atoms with Crippen molar-refractivity contribution in [2.24, 2.45) is 5.92 Å². The lowest BCUT2D eigenvalue weighted by molar-refractivity contribution is -0.141. The number of allylic oxidation sites excluding steroid dienone is 1. The lowest BCUT2D eigenvalue weighted by atomic mass is 9.95. The molecule has 0 radical (unpaired) electrons. The van der Waals surface area contributed by atoms with Crippen molar-refractivity contribution in [1.29, 1.82) is 0 Å². The van der Waals surface area contributed by atoms with Gasteiger partial charge >= 0.3 is 6.09 Å². The van der Waals surface area contributed by atoms with Crippen molar-refractivity contribution in [3.05, 3.63) is 36.0 Å². The number of rotatable bonds is 4. The Balaban J connectivity index is 1.25. The number of carbonyl (C=O) groups is 4. The number of hydrogen-bond acceptors (Lipinski definition) is 11. The standard InChI is InChI=1S/C42H57IN6O9S/c1-41(21-22-41)59(54,55)48-39(52)42(2)35(43)18-11-6-4-5-9-16-31-38(51)49-25-28(24-33(49)36(50)47-42)57-37-30(44-29-20-19-27(56-3)23-32(29)45-37)15-10-7-8-13-26-14-12-17-34(26)58-40(53)46-31/h11,18-20,23,26,28,31,33-35H,4-10,12-17,21-22,24-25H2,1-3H3,(H,46,53)(H,47,50)(H,48,52)/b18-11-/t26-,28-,31+,33+,34-,35+,42-/m1/s1. The summed E-state index contributed by atoms with van der Waals surface area (Å²) in [4.78, 5) is 68.5. The molecule has 322 valence electrons. The largest absolute Gasteiger partial charge is 0.497 e.